The predicted octanol–water partition coefficient (Wildman–Crippen LogP) is 2.85. The van der Waals surface area contributed by atoms with Crippen LogP contribution in [0.3, 0.4) is 0 Å². The number of hydrogen-bond donors (Lipinski definition) is 1. The Morgan fingerprint density at radius 1 is 1.14 bits per heavy atom. The van der Waals surface area contributed by atoms with Crippen LogP contribution in [0.15, 0.2) is 47.1 Å². The molecule has 0 saturated heterocycles. The monoisotopic (exact) mass is 493 g/mol. The van der Waals surface area contributed by atoms with Gasteiger partial charge in [-0.3, -0.25) is 19.3 Å². The van der Waals surface area contributed by atoms with Crippen LogP contribution in [0.2, 0.25) is 0 Å². The van der Waals surface area contributed by atoms with Gasteiger partial charge in [-0.25, -0.2) is 4.98 Å². The van der Waals surface area contributed by atoms with E-state index in [0.29, 0.717) is 35.9 Å². The maximum absolute atomic E-state index is 12.9. The molecule has 0 fully saturated rings. The number of ketones is 1. The molecule has 2 heterocycles. The molecule has 1 aliphatic heterocycles. The number of Topliss-reactive ketones (excluding diaryl/α,β-unsaturated/α-hetero) is 1. The summed E-state index contributed by atoms with van der Waals surface area (Å²) in [5.74, 6) is 0.245. The highest BCUT2D eigenvalue weighted by molar-refractivity contribution is 6.02. The summed E-state index contributed by atoms with van der Waals surface area (Å²) in [7, 11) is 1.54. The summed E-state index contributed by atoms with van der Waals surface area (Å²) in [4.78, 5) is 43.3. The first kappa shape index (κ1) is 24.9. The van der Waals surface area contributed by atoms with Gasteiger partial charge in [-0.15, -0.1) is 0 Å². The van der Waals surface area contributed by atoms with Gasteiger partial charge in [0.2, 0.25) is 5.89 Å². The molecule has 0 saturated carbocycles. The third kappa shape index (κ3) is 5.89. The molecule has 1 aliphatic rings. The van der Waals surface area contributed by atoms with Crippen molar-refractivity contribution in [3.8, 4) is 11.5 Å². The summed E-state index contributed by atoms with van der Waals surface area (Å²) in [6.45, 7) is 4.27. The van der Waals surface area contributed by atoms with Crippen molar-refractivity contribution in [2.75, 3.05) is 38.4 Å². The number of carbonyl (C=O) groups is 3. The average Bonchev–Trinajstić information content (AvgIpc) is 3.32. The van der Waals surface area contributed by atoms with Crippen molar-refractivity contribution in [3.63, 3.8) is 0 Å². The van der Waals surface area contributed by atoms with Gasteiger partial charge in [0, 0.05) is 19.2 Å². The standard InChI is InChI=1S/C26H27N3O7/c1-16-8-17(2)10-19(9-16)34-14-22(30)18-4-5-23-21(11-18)29(25(31)15-35-23)12-24-28-20(13-36-24)26(32)27-6-7-33-3/h4-5,8-11,13H,6-7,12,14-15H2,1-3H3,(H,27,32). The summed E-state index contributed by atoms with van der Waals surface area (Å²) < 4.78 is 21.6. The number of fused-ring (bicyclic) bond motifs is 1. The smallest absolute Gasteiger partial charge is 0.273 e. The number of ether oxygens (including phenoxy) is 3. The number of benzene rings is 2. The molecule has 10 heteroatoms. The predicted molar refractivity (Wildman–Crippen MR) is 130 cm³/mol. The van der Waals surface area contributed by atoms with E-state index >= 15 is 0 Å². The largest absolute Gasteiger partial charge is 0.485 e. The van der Waals surface area contributed by atoms with E-state index in [2.05, 4.69) is 10.3 Å². The summed E-state index contributed by atoms with van der Waals surface area (Å²) in [5.41, 5.74) is 2.95. The van der Waals surface area contributed by atoms with E-state index in [1.165, 1.54) is 18.3 Å². The topological polar surface area (TPSA) is 120 Å². The lowest BCUT2D eigenvalue weighted by atomic mass is 10.1. The molecule has 2 amide bonds. The molecule has 2 aromatic carbocycles. The summed E-state index contributed by atoms with van der Waals surface area (Å²) in [6.07, 6.45) is 1.23. The number of nitrogens with one attached hydrogen (secondary N) is 1. The lowest BCUT2D eigenvalue weighted by Gasteiger charge is -2.28. The lowest BCUT2D eigenvalue weighted by molar-refractivity contribution is -0.121. The van der Waals surface area contributed by atoms with Gasteiger partial charge in [0.25, 0.3) is 11.8 Å². The molecule has 0 aliphatic carbocycles. The van der Waals surface area contributed by atoms with Crippen molar-refractivity contribution < 1.29 is 33.0 Å². The van der Waals surface area contributed by atoms with Crippen molar-refractivity contribution in [3.05, 3.63) is 70.9 Å². The molecule has 0 unspecified atom stereocenters. The van der Waals surface area contributed by atoms with Gasteiger partial charge in [0.15, 0.2) is 24.7 Å². The van der Waals surface area contributed by atoms with Gasteiger partial charge < -0.3 is 23.9 Å². The van der Waals surface area contributed by atoms with Gasteiger partial charge in [-0.05, 0) is 55.3 Å². The zero-order valence-electron chi connectivity index (χ0n) is 20.3. The van der Waals surface area contributed by atoms with Gasteiger partial charge in [-0.2, -0.15) is 0 Å². The SMILES string of the molecule is COCCNC(=O)c1coc(CN2C(=O)COc3ccc(C(=O)COc4cc(C)cc(C)c4)cc32)n1. The number of anilines is 1. The fraction of sp³-hybridized carbons (Fsp3) is 0.308. The van der Waals surface area contributed by atoms with Crippen LogP contribution in [0.25, 0.3) is 0 Å². The first-order valence-corrected chi connectivity index (χ1v) is 11.4. The number of aromatic nitrogens is 1. The molecule has 188 valence electrons. The second kappa shape index (κ2) is 11.0. The van der Waals surface area contributed by atoms with E-state index in [1.54, 1.807) is 18.2 Å². The zero-order chi connectivity index (χ0) is 25.7. The lowest BCUT2D eigenvalue weighted by Crippen LogP contribution is -2.38. The molecular formula is C26H27N3O7. The zero-order valence-corrected chi connectivity index (χ0v) is 20.3. The normalized spacial score (nSPS) is 12.6. The number of nitrogens with zero attached hydrogens (tertiary/aromatic N) is 2. The first-order chi connectivity index (χ1) is 17.3. The molecule has 3 aromatic rings. The van der Waals surface area contributed by atoms with Crippen molar-refractivity contribution >= 4 is 23.3 Å². The Labute approximate surface area is 208 Å². The second-order valence-electron chi connectivity index (χ2n) is 8.36. The Morgan fingerprint density at radius 2 is 1.92 bits per heavy atom. The molecule has 1 aromatic heterocycles. The maximum Gasteiger partial charge on any atom is 0.273 e. The minimum atomic E-state index is -0.410. The molecule has 4 rings (SSSR count). The third-order valence-electron chi connectivity index (χ3n) is 5.46. The number of oxazole rings is 1. The van der Waals surface area contributed by atoms with E-state index in [4.69, 9.17) is 18.6 Å². The molecule has 0 spiro atoms. The molecule has 36 heavy (non-hydrogen) atoms. The van der Waals surface area contributed by atoms with Crippen LogP contribution in [0, 0.1) is 13.8 Å². The van der Waals surface area contributed by atoms with Crippen LogP contribution >= 0.6 is 0 Å². The van der Waals surface area contributed by atoms with E-state index in [1.807, 2.05) is 32.0 Å². The second-order valence-corrected chi connectivity index (χ2v) is 8.36. The van der Waals surface area contributed by atoms with Crippen LogP contribution in [0.1, 0.15) is 37.9 Å². The highest BCUT2D eigenvalue weighted by Crippen LogP contribution is 2.34. The number of carbonyl (C=O) groups excluding carboxylic acids is 3. The van der Waals surface area contributed by atoms with Crippen LogP contribution in [0.5, 0.6) is 11.5 Å². The van der Waals surface area contributed by atoms with Gasteiger partial charge in [0.05, 0.1) is 12.3 Å². The molecule has 10 nitrogen and oxygen atoms in total. The summed E-state index contributed by atoms with van der Waals surface area (Å²) in [6, 6.07) is 10.6. The van der Waals surface area contributed by atoms with Gasteiger partial charge >= 0.3 is 0 Å². The Morgan fingerprint density at radius 3 is 2.67 bits per heavy atom. The number of hydrogen-bond acceptors (Lipinski definition) is 8. The average molecular weight is 494 g/mol. The summed E-state index contributed by atoms with van der Waals surface area (Å²) in [5, 5.41) is 2.65. The van der Waals surface area contributed by atoms with Crippen LogP contribution in [0.4, 0.5) is 5.69 Å². The Balaban J connectivity index is 1.47. The first-order valence-electron chi connectivity index (χ1n) is 11.4. The fourth-order valence-corrected chi connectivity index (χ4v) is 3.78. The van der Waals surface area contributed by atoms with Gasteiger partial charge in [-0.1, -0.05) is 6.07 Å². The Bertz CT molecular complexity index is 1260. The number of amides is 2. The maximum atomic E-state index is 12.9. The van der Waals surface area contributed by atoms with E-state index in [-0.39, 0.29) is 43.0 Å². The Kier molecular flexibility index (Phi) is 7.65. The summed E-state index contributed by atoms with van der Waals surface area (Å²) >= 11 is 0. The molecular weight excluding hydrogens is 466 g/mol. The molecule has 0 atom stereocenters. The number of rotatable bonds is 10. The Hall–Kier alpha value is -4.18. The number of aryl methyl sites for hydroxylation is 2. The van der Waals surface area contributed by atoms with E-state index in [9.17, 15) is 14.4 Å². The van der Waals surface area contributed by atoms with Crippen LogP contribution in [-0.4, -0.2) is 56.1 Å². The van der Waals surface area contributed by atoms with Crippen LogP contribution < -0.4 is 19.7 Å². The van der Waals surface area contributed by atoms with E-state index < -0.39 is 5.91 Å². The fourth-order valence-electron chi connectivity index (χ4n) is 3.78. The van der Waals surface area contributed by atoms with Crippen molar-refractivity contribution in [1.29, 1.82) is 0 Å². The molecule has 0 bridgehead atoms. The third-order valence-corrected chi connectivity index (χ3v) is 5.46. The van der Waals surface area contributed by atoms with Crippen LogP contribution in [-0.2, 0) is 16.1 Å². The van der Waals surface area contributed by atoms with E-state index in [0.717, 1.165) is 11.1 Å². The molecule has 1 N–H and O–H groups in total. The molecule has 0 radical (unpaired) electrons. The minimum absolute atomic E-state index is 0.0305. The minimum Gasteiger partial charge on any atom is -0.485 e. The highest BCUT2D eigenvalue weighted by Gasteiger charge is 2.28. The highest BCUT2D eigenvalue weighted by atomic mass is 16.5. The van der Waals surface area contributed by atoms with Gasteiger partial charge in [0.1, 0.15) is 24.3 Å². The quantitative estimate of drug-likeness (QED) is 0.338. The number of methoxy groups -OCH3 is 1. The van der Waals surface area contributed by atoms with Crippen molar-refractivity contribution in [2.45, 2.75) is 20.4 Å². The van der Waals surface area contributed by atoms with Crippen molar-refractivity contribution in [2.24, 2.45) is 0 Å². The van der Waals surface area contributed by atoms with Crippen molar-refractivity contribution in [1.82, 2.24) is 10.3 Å².